The Morgan fingerprint density at radius 2 is 1.83 bits per heavy atom. The summed E-state index contributed by atoms with van der Waals surface area (Å²) in [5.41, 5.74) is 3.63. The van der Waals surface area contributed by atoms with E-state index in [2.05, 4.69) is 11.1 Å². The van der Waals surface area contributed by atoms with Gasteiger partial charge in [0.1, 0.15) is 5.69 Å². The molecule has 0 saturated carbocycles. The molecule has 0 atom stereocenters. The summed E-state index contributed by atoms with van der Waals surface area (Å²) in [5.74, 6) is 1.26. The minimum absolute atomic E-state index is 0.0194. The van der Waals surface area contributed by atoms with Crippen molar-refractivity contribution in [1.82, 2.24) is 4.98 Å². The van der Waals surface area contributed by atoms with Gasteiger partial charge in [0.25, 0.3) is 5.91 Å². The quantitative estimate of drug-likeness (QED) is 0.804. The summed E-state index contributed by atoms with van der Waals surface area (Å²) in [6, 6.07) is 13.6. The molecule has 122 valence electrons. The molecule has 0 spiro atoms. The summed E-state index contributed by atoms with van der Waals surface area (Å²) >= 11 is 0. The third-order valence-corrected chi connectivity index (χ3v) is 4.49. The zero-order chi connectivity index (χ0) is 16.7. The van der Waals surface area contributed by atoms with Gasteiger partial charge in [0.2, 0.25) is 0 Å². The van der Waals surface area contributed by atoms with Crippen LogP contribution in [0.4, 0.5) is 5.69 Å². The summed E-state index contributed by atoms with van der Waals surface area (Å²) in [6.07, 6.45) is 0.893. The van der Waals surface area contributed by atoms with Gasteiger partial charge >= 0.3 is 0 Å². The fourth-order valence-corrected chi connectivity index (χ4v) is 3.27. The number of carbonyl (C=O) groups is 1. The largest absolute Gasteiger partial charge is 0.493 e. The average molecular weight is 322 g/mol. The number of methoxy groups -OCH3 is 2. The first kappa shape index (κ1) is 14.6. The molecule has 1 aliphatic heterocycles. The molecule has 0 aliphatic carbocycles. The van der Waals surface area contributed by atoms with E-state index in [1.54, 1.807) is 14.2 Å². The van der Waals surface area contributed by atoms with Gasteiger partial charge in [-0.3, -0.25) is 4.79 Å². The van der Waals surface area contributed by atoms with Crippen molar-refractivity contribution in [2.24, 2.45) is 0 Å². The first-order valence-corrected chi connectivity index (χ1v) is 7.86. The van der Waals surface area contributed by atoms with Crippen molar-refractivity contribution in [3.63, 3.8) is 0 Å². The third kappa shape index (κ3) is 2.21. The van der Waals surface area contributed by atoms with Crippen molar-refractivity contribution in [3.8, 4) is 11.5 Å². The average Bonchev–Trinajstić information content (AvgIpc) is 3.23. The van der Waals surface area contributed by atoms with Gasteiger partial charge in [-0.25, -0.2) is 0 Å². The lowest BCUT2D eigenvalue weighted by molar-refractivity contribution is 0.0985. The number of nitrogens with zero attached hydrogens (tertiary/aromatic N) is 1. The summed E-state index contributed by atoms with van der Waals surface area (Å²) < 4.78 is 10.6. The van der Waals surface area contributed by atoms with E-state index in [0.717, 1.165) is 23.0 Å². The molecule has 2 aromatic carbocycles. The van der Waals surface area contributed by atoms with Crippen molar-refractivity contribution >= 4 is 22.5 Å². The number of fused-ring (bicyclic) bond motifs is 2. The number of rotatable bonds is 3. The van der Waals surface area contributed by atoms with E-state index in [1.165, 1.54) is 5.56 Å². The number of H-pyrrole nitrogens is 1. The summed E-state index contributed by atoms with van der Waals surface area (Å²) in [5, 5.41) is 0.920. The van der Waals surface area contributed by atoms with Gasteiger partial charge in [-0.05, 0) is 30.2 Å². The van der Waals surface area contributed by atoms with Crippen LogP contribution < -0.4 is 14.4 Å². The maximum atomic E-state index is 12.9. The second-order valence-electron chi connectivity index (χ2n) is 5.81. The second-order valence-corrected chi connectivity index (χ2v) is 5.81. The molecule has 1 aromatic heterocycles. The molecular formula is C19H18N2O3. The van der Waals surface area contributed by atoms with Crippen molar-refractivity contribution in [1.29, 1.82) is 0 Å². The van der Waals surface area contributed by atoms with Crippen molar-refractivity contribution in [3.05, 3.63) is 53.7 Å². The van der Waals surface area contributed by atoms with Gasteiger partial charge in [0.15, 0.2) is 11.5 Å². The van der Waals surface area contributed by atoms with E-state index in [1.807, 2.05) is 41.3 Å². The number of nitrogens with one attached hydrogen (secondary N) is 1. The molecule has 1 N–H and O–H groups in total. The van der Waals surface area contributed by atoms with Crippen LogP contribution in [0.2, 0.25) is 0 Å². The van der Waals surface area contributed by atoms with E-state index in [4.69, 9.17) is 9.47 Å². The Morgan fingerprint density at radius 1 is 1.08 bits per heavy atom. The van der Waals surface area contributed by atoms with Gasteiger partial charge in [-0.1, -0.05) is 18.2 Å². The summed E-state index contributed by atoms with van der Waals surface area (Å²) in [4.78, 5) is 18.0. The molecule has 3 aromatic rings. The molecule has 0 saturated heterocycles. The van der Waals surface area contributed by atoms with Gasteiger partial charge in [0, 0.05) is 29.2 Å². The van der Waals surface area contributed by atoms with Gasteiger partial charge in [-0.15, -0.1) is 0 Å². The number of aromatic nitrogens is 1. The maximum Gasteiger partial charge on any atom is 0.274 e. The number of carbonyl (C=O) groups excluding carboxylic acids is 1. The second kappa shape index (κ2) is 5.60. The minimum Gasteiger partial charge on any atom is -0.493 e. The molecule has 0 unspecified atom stereocenters. The molecule has 24 heavy (non-hydrogen) atoms. The zero-order valence-electron chi connectivity index (χ0n) is 13.6. The van der Waals surface area contributed by atoms with E-state index in [9.17, 15) is 4.79 Å². The first-order valence-electron chi connectivity index (χ1n) is 7.86. The molecular weight excluding hydrogens is 304 g/mol. The predicted octanol–water partition coefficient (Wildman–Crippen LogP) is 3.39. The highest BCUT2D eigenvalue weighted by Crippen LogP contribution is 2.33. The van der Waals surface area contributed by atoms with E-state index in [-0.39, 0.29) is 5.91 Å². The normalized spacial score (nSPS) is 13.2. The van der Waals surface area contributed by atoms with Gasteiger partial charge < -0.3 is 19.4 Å². The first-order chi connectivity index (χ1) is 11.7. The fraction of sp³-hybridized carbons (Fsp3) is 0.211. The smallest absolute Gasteiger partial charge is 0.274 e. The predicted molar refractivity (Wildman–Crippen MR) is 93.2 cm³/mol. The fourth-order valence-electron chi connectivity index (χ4n) is 3.27. The van der Waals surface area contributed by atoms with Crippen LogP contribution in [-0.4, -0.2) is 31.7 Å². The van der Waals surface area contributed by atoms with Crippen LogP contribution in [0.25, 0.3) is 10.9 Å². The number of ether oxygens (including phenoxy) is 2. The third-order valence-electron chi connectivity index (χ3n) is 4.49. The minimum atomic E-state index is -0.0194. The van der Waals surface area contributed by atoms with Crippen molar-refractivity contribution in [2.75, 3.05) is 25.7 Å². The number of anilines is 1. The number of para-hydroxylation sites is 1. The molecule has 5 heteroatoms. The van der Waals surface area contributed by atoms with Crippen LogP contribution in [0.1, 0.15) is 16.1 Å². The monoisotopic (exact) mass is 322 g/mol. The molecule has 4 rings (SSSR count). The Balaban J connectivity index is 1.73. The highest BCUT2D eigenvalue weighted by Gasteiger charge is 2.26. The standard InChI is InChI=1S/C19H18N2O3/c1-23-17-10-13-9-15(20-14(13)11-18(17)24-2)19(22)21-8-7-12-5-3-4-6-16(12)21/h3-6,9-11,20H,7-8H2,1-2H3. The lowest BCUT2D eigenvalue weighted by Gasteiger charge is -2.16. The molecule has 2 heterocycles. The lowest BCUT2D eigenvalue weighted by Crippen LogP contribution is -2.29. The van der Waals surface area contributed by atoms with Gasteiger partial charge in [-0.2, -0.15) is 0 Å². The van der Waals surface area contributed by atoms with E-state index in [0.29, 0.717) is 23.7 Å². The number of hydrogen-bond acceptors (Lipinski definition) is 3. The van der Waals surface area contributed by atoms with Crippen LogP contribution in [0.5, 0.6) is 11.5 Å². The molecule has 1 amide bonds. The van der Waals surface area contributed by atoms with Crippen LogP contribution in [0.3, 0.4) is 0 Å². The Morgan fingerprint density at radius 3 is 2.62 bits per heavy atom. The van der Waals surface area contributed by atoms with E-state index < -0.39 is 0 Å². The van der Waals surface area contributed by atoms with Crippen molar-refractivity contribution < 1.29 is 14.3 Å². The Bertz CT molecular complexity index is 889. The molecule has 0 radical (unpaired) electrons. The number of benzene rings is 2. The Labute approximate surface area is 139 Å². The van der Waals surface area contributed by atoms with Crippen LogP contribution >= 0.6 is 0 Å². The SMILES string of the molecule is COc1cc2cc(C(=O)N3CCc4ccccc43)[nH]c2cc1OC. The van der Waals surface area contributed by atoms with Crippen LogP contribution in [0.15, 0.2) is 42.5 Å². The molecule has 5 nitrogen and oxygen atoms in total. The Hall–Kier alpha value is -2.95. The summed E-state index contributed by atoms with van der Waals surface area (Å²) in [6.45, 7) is 0.709. The molecule has 0 fully saturated rings. The van der Waals surface area contributed by atoms with Gasteiger partial charge in [0.05, 0.1) is 14.2 Å². The van der Waals surface area contributed by atoms with Crippen LogP contribution in [-0.2, 0) is 6.42 Å². The number of hydrogen-bond donors (Lipinski definition) is 1. The molecule has 1 aliphatic rings. The number of aromatic amines is 1. The number of amides is 1. The van der Waals surface area contributed by atoms with Crippen molar-refractivity contribution in [2.45, 2.75) is 6.42 Å². The summed E-state index contributed by atoms with van der Waals surface area (Å²) in [7, 11) is 3.20. The maximum absolute atomic E-state index is 12.9. The highest BCUT2D eigenvalue weighted by atomic mass is 16.5. The van der Waals surface area contributed by atoms with E-state index >= 15 is 0 Å². The lowest BCUT2D eigenvalue weighted by atomic mass is 10.2. The topological polar surface area (TPSA) is 54.6 Å². The zero-order valence-corrected chi connectivity index (χ0v) is 13.6. The van der Waals surface area contributed by atoms with Crippen LogP contribution in [0, 0.1) is 0 Å². The molecule has 0 bridgehead atoms. The Kier molecular flexibility index (Phi) is 3.41. The highest BCUT2D eigenvalue weighted by molar-refractivity contribution is 6.08.